The monoisotopic (exact) mass is 395 g/mol. The minimum Gasteiger partial charge on any atom is -0.453 e. The van der Waals surface area contributed by atoms with Crippen molar-refractivity contribution in [1.29, 1.82) is 0 Å². The zero-order chi connectivity index (χ0) is 19.1. The lowest BCUT2D eigenvalue weighted by atomic mass is 10.1. The predicted octanol–water partition coefficient (Wildman–Crippen LogP) is 2.87. The summed E-state index contributed by atoms with van der Waals surface area (Å²) in [4.78, 5) is 25.1. The molecular formula is C18H21NO5S2. The van der Waals surface area contributed by atoms with Crippen molar-refractivity contribution < 1.29 is 22.7 Å². The molecule has 0 aromatic carbocycles. The summed E-state index contributed by atoms with van der Waals surface area (Å²) >= 11 is 1.28. The predicted molar refractivity (Wildman–Crippen MR) is 99.9 cm³/mol. The van der Waals surface area contributed by atoms with Crippen LogP contribution in [0.3, 0.4) is 0 Å². The Kier molecular flexibility index (Phi) is 5.07. The van der Waals surface area contributed by atoms with Crippen molar-refractivity contribution in [3.63, 3.8) is 0 Å². The molecule has 3 heterocycles. The molecular weight excluding hydrogens is 374 g/mol. The van der Waals surface area contributed by atoms with Crippen LogP contribution in [0.25, 0.3) is 0 Å². The Morgan fingerprint density at radius 2 is 2.04 bits per heavy atom. The van der Waals surface area contributed by atoms with Crippen LogP contribution in [0.1, 0.15) is 49.4 Å². The maximum absolute atomic E-state index is 12.5. The highest BCUT2D eigenvalue weighted by molar-refractivity contribution is 7.91. The number of carbonyl (C=O) groups excluding carboxylic acids is 2. The number of sulfone groups is 1. The minimum atomic E-state index is -3.01. The average Bonchev–Trinajstić information content (AvgIpc) is 3.22. The summed E-state index contributed by atoms with van der Waals surface area (Å²) in [6.45, 7) is 5.15. The zero-order valence-electron chi connectivity index (χ0n) is 14.9. The molecule has 140 valence electrons. The van der Waals surface area contributed by atoms with Gasteiger partial charge in [0.2, 0.25) is 5.78 Å². The van der Waals surface area contributed by atoms with E-state index in [-0.39, 0.29) is 29.9 Å². The first kappa shape index (κ1) is 18.8. The summed E-state index contributed by atoms with van der Waals surface area (Å²) in [5.74, 6) is -0.506. The van der Waals surface area contributed by atoms with E-state index in [2.05, 4.69) is 0 Å². The number of hydrogen-bond donors (Lipinski definition) is 0. The minimum absolute atomic E-state index is 0.101. The number of aryl methyl sites for hydroxylation is 2. The van der Waals surface area contributed by atoms with E-state index < -0.39 is 15.8 Å². The highest BCUT2D eigenvalue weighted by Gasteiger charge is 2.31. The van der Waals surface area contributed by atoms with Gasteiger partial charge in [-0.1, -0.05) is 0 Å². The Balaban J connectivity index is 1.73. The van der Waals surface area contributed by atoms with Gasteiger partial charge in [0.1, 0.15) is 4.88 Å². The van der Waals surface area contributed by atoms with E-state index in [0.29, 0.717) is 16.9 Å². The van der Waals surface area contributed by atoms with Crippen molar-refractivity contribution in [3.8, 4) is 0 Å². The van der Waals surface area contributed by atoms with E-state index in [9.17, 15) is 18.0 Å². The summed E-state index contributed by atoms with van der Waals surface area (Å²) in [7, 11) is -3.01. The van der Waals surface area contributed by atoms with Crippen molar-refractivity contribution in [2.45, 2.75) is 33.2 Å². The van der Waals surface area contributed by atoms with Crippen molar-refractivity contribution in [1.82, 2.24) is 4.57 Å². The molecule has 0 radical (unpaired) electrons. The number of nitrogens with zero attached hydrogens (tertiary/aromatic N) is 1. The van der Waals surface area contributed by atoms with Gasteiger partial charge < -0.3 is 9.30 Å². The Labute approximate surface area is 156 Å². The third-order valence-electron chi connectivity index (χ3n) is 4.74. The number of rotatable bonds is 5. The summed E-state index contributed by atoms with van der Waals surface area (Å²) in [5.41, 5.74) is 2.86. The summed E-state index contributed by atoms with van der Waals surface area (Å²) in [6.07, 6.45) is 0.555. The lowest BCUT2D eigenvalue weighted by Gasteiger charge is -2.16. The van der Waals surface area contributed by atoms with Crippen molar-refractivity contribution in [2.24, 2.45) is 0 Å². The molecule has 8 heteroatoms. The number of carbonyl (C=O) groups is 2. The van der Waals surface area contributed by atoms with E-state index in [1.807, 2.05) is 24.5 Å². The van der Waals surface area contributed by atoms with Crippen LogP contribution in [0.15, 0.2) is 17.5 Å². The molecule has 2 aromatic rings. The SMILES string of the molecule is Cc1ccsc1C(=O)OCC(=O)c1cc(C)n([C@H]2CCS(=O)(=O)C2)c1C. The summed E-state index contributed by atoms with van der Waals surface area (Å²) < 4.78 is 30.6. The third-order valence-corrected chi connectivity index (χ3v) is 7.49. The molecule has 0 unspecified atom stereocenters. The van der Waals surface area contributed by atoms with Crippen LogP contribution >= 0.6 is 11.3 Å². The summed E-state index contributed by atoms with van der Waals surface area (Å²) in [5, 5.41) is 1.80. The van der Waals surface area contributed by atoms with Crippen LogP contribution in [0.5, 0.6) is 0 Å². The first-order valence-corrected chi connectivity index (χ1v) is 11.0. The standard InChI is InChI=1S/C18H21NO5S2/c1-11-4-6-25-17(11)18(21)24-9-16(20)15-8-12(2)19(13(15)3)14-5-7-26(22,23)10-14/h4,6,8,14H,5,7,9-10H2,1-3H3/t14-/m0/s1. The molecule has 0 bridgehead atoms. The number of aromatic nitrogens is 1. The number of Topliss-reactive ketones (excluding diaryl/α,β-unsaturated/α-hetero) is 1. The van der Waals surface area contributed by atoms with Gasteiger partial charge in [0.25, 0.3) is 0 Å². The Morgan fingerprint density at radius 3 is 2.62 bits per heavy atom. The van der Waals surface area contributed by atoms with Gasteiger partial charge in [0.15, 0.2) is 16.4 Å². The molecule has 1 saturated heterocycles. The van der Waals surface area contributed by atoms with Crippen LogP contribution in [0, 0.1) is 20.8 Å². The van der Waals surface area contributed by atoms with Gasteiger partial charge in [0, 0.05) is 23.0 Å². The second-order valence-corrected chi connectivity index (χ2v) is 9.79. The third kappa shape index (κ3) is 3.61. The second kappa shape index (κ2) is 7.00. The van der Waals surface area contributed by atoms with Crippen LogP contribution in [0.4, 0.5) is 0 Å². The van der Waals surface area contributed by atoms with E-state index in [1.165, 1.54) is 11.3 Å². The van der Waals surface area contributed by atoms with Crippen LogP contribution in [-0.4, -0.2) is 42.9 Å². The fourth-order valence-electron chi connectivity index (χ4n) is 3.46. The van der Waals surface area contributed by atoms with Gasteiger partial charge in [-0.25, -0.2) is 13.2 Å². The fraction of sp³-hybridized carbons (Fsp3) is 0.444. The van der Waals surface area contributed by atoms with Crippen LogP contribution in [0.2, 0.25) is 0 Å². The number of hydrogen-bond acceptors (Lipinski definition) is 6. The molecule has 1 atom stereocenters. The molecule has 1 fully saturated rings. The van der Waals surface area contributed by atoms with Crippen molar-refractivity contribution in [2.75, 3.05) is 18.1 Å². The van der Waals surface area contributed by atoms with E-state index in [0.717, 1.165) is 17.0 Å². The first-order chi connectivity index (χ1) is 12.2. The van der Waals surface area contributed by atoms with Crippen LogP contribution < -0.4 is 0 Å². The number of ether oxygens (including phenoxy) is 1. The highest BCUT2D eigenvalue weighted by Crippen LogP contribution is 2.29. The fourth-order valence-corrected chi connectivity index (χ4v) is 5.97. The van der Waals surface area contributed by atoms with Gasteiger partial charge in [-0.2, -0.15) is 0 Å². The van der Waals surface area contributed by atoms with Crippen LogP contribution in [-0.2, 0) is 14.6 Å². The lowest BCUT2D eigenvalue weighted by molar-refractivity contribution is 0.0478. The van der Waals surface area contributed by atoms with E-state index >= 15 is 0 Å². The highest BCUT2D eigenvalue weighted by atomic mass is 32.2. The smallest absolute Gasteiger partial charge is 0.349 e. The lowest BCUT2D eigenvalue weighted by Crippen LogP contribution is -2.17. The van der Waals surface area contributed by atoms with Crippen molar-refractivity contribution >= 4 is 32.9 Å². The Morgan fingerprint density at radius 1 is 1.31 bits per heavy atom. The molecule has 0 N–H and O–H groups in total. The maximum atomic E-state index is 12.5. The van der Waals surface area contributed by atoms with Gasteiger partial charge in [-0.3, -0.25) is 4.79 Å². The molecule has 6 nitrogen and oxygen atoms in total. The normalized spacial score (nSPS) is 18.8. The molecule has 26 heavy (non-hydrogen) atoms. The molecule has 0 amide bonds. The van der Waals surface area contributed by atoms with E-state index in [4.69, 9.17) is 4.74 Å². The number of thiophene rings is 1. The van der Waals surface area contributed by atoms with E-state index in [1.54, 1.807) is 18.4 Å². The second-order valence-electron chi connectivity index (χ2n) is 6.64. The molecule has 1 aliphatic heterocycles. The molecule has 0 aliphatic carbocycles. The number of esters is 1. The molecule has 1 aliphatic rings. The zero-order valence-corrected chi connectivity index (χ0v) is 16.6. The Hall–Kier alpha value is -1.93. The summed E-state index contributed by atoms with van der Waals surface area (Å²) in [6, 6.07) is 3.43. The molecule has 0 saturated carbocycles. The average molecular weight is 396 g/mol. The van der Waals surface area contributed by atoms with Gasteiger partial charge in [-0.05, 0) is 50.3 Å². The molecule has 0 spiro atoms. The Bertz CT molecular complexity index is 968. The first-order valence-electron chi connectivity index (χ1n) is 8.33. The van der Waals surface area contributed by atoms with Crippen molar-refractivity contribution in [3.05, 3.63) is 44.9 Å². The van der Waals surface area contributed by atoms with Gasteiger partial charge in [0.05, 0.1) is 11.5 Å². The van der Waals surface area contributed by atoms with Gasteiger partial charge >= 0.3 is 5.97 Å². The maximum Gasteiger partial charge on any atom is 0.349 e. The topological polar surface area (TPSA) is 82.4 Å². The molecule has 2 aromatic heterocycles. The number of ketones is 1. The largest absolute Gasteiger partial charge is 0.453 e. The van der Waals surface area contributed by atoms with Gasteiger partial charge in [-0.15, -0.1) is 11.3 Å². The molecule has 3 rings (SSSR count). The quantitative estimate of drug-likeness (QED) is 0.574.